The second kappa shape index (κ2) is 37.0. The van der Waals surface area contributed by atoms with Crippen LogP contribution in [-0.2, 0) is 46.1 Å². The Hall–Kier alpha value is -1.82. The summed E-state index contributed by atoms with van der Waals surface area (Å²) in [5.74, 6) is 0. The van der Waals surface area contributed by atoms with Crippen LogP contribution in [0.15, 0.2) is 47.5 Å². The number of aryl methyl sites for hydroxylation is 4. The number of allylic oxidation sites excluding steroid dienone is 2. The third-order valence-electron chi connectivity index (χ3n) is 11.3. The molecule has 332 valence electrons. The van der Waals surface area contributed by atoms with Crippen molar-refractivity contribution in [2.45, 2.75) is 242 Å². The zero-order valence-electron chi connectivity index (χ0n) is 39.6. The fourth-order valence-electron chi connectivity index (χ4n) is 7.71. The number of rotatable bonds is 29. The summed E-state index contributed by atoms with van der Waals surface area (Å²) in [6.45, 7) is 25.2. The van der Waals surface area contributed by atoms with Crippen molar-refractivity contribution in [3.8, 4) is 0 Å². The molecule has 1 aliphatic rings. The van der Waals surface area contributed by atoms with Crippen LogP contribution in [0.25, 0.3) is 16.9 Å². The first kappa shape index (κ1) is 56.2. The molecule has 1 heterocycles. The minimum Gasteiger partial charge on any atom is -0.493 e. The Kier molecular flexibility index (Phi) is 35.8. The second-order valence-electron chi connectivity index (χ2n) is 16.8. The van der Waals surface area contributed by atoms with Crippen LogP contribution in [0, 0.1) is 13.8 Å². The topological polar surface area (TPSA) is 25.3 Å². The second-order valence-corrected chi connectivity index (χ2v) is 16.8. The third-order valence-corrected chi connectivity index (χ3v) is 11.3. The SMILES string of the molecule is CCCCCCCCC1=C(c2cc(CCCC)cc(CCCC)c2)[N+](=[N-])C(c2cc(CCCCC)cc(CCCCC)c2)=C1CCCCC.[CH2-]CCC.[CH2-]CCC.[Pd+2]. The fraction of sp³-hybridized carbons (Fsp3) is 0.673. The maximum Gasteiger partial charge on any atom is 2.00 e. The molecule has 2 aromatic rings. The maximum atomic E-state index is 12.6. The molecule has 0 atom stereocenters. The predicted octanol–water partition coefficient (Wildman–Crippen LogP) is 18.6. The van der Waals surface area contributed by atoms with Crippen molar-refractivity contribution < 1.29 is 25.1 Å². The van der Waals surface area contributed by atoms with Gasteiger partial charge in [-0.25, -0.2) is 4.70 Å². The van der Waals surface area contributed by atoms with Crippen molar-refractivity contribution in [3.63, 3.8) is 0 Å². The Labute approximate surface area is 376 Å². The van der Waals surface area contributed by atoms with Gasteiger partial charge in [-0.1, -0.05) is 164 Å². The van der Waals surface area contributed by atoms with Crippen LogP contribution >= 0.6 is 0 Å². The molecule has 0 saturated heterocycles. The Morgan fingerprint density at radius 2 is 0.621 bits per heavy atom. The molecular weight excluding hydrogens is 795 g/mol. The first-order valence-corrected chi connectivity index (χ1v) is 24.6. The molecule has 2 nitrogen and oxygen atoms in total. The summed E-state index contributed by atoms with van der Waals surface area (Å²) >= 11 is 0. The maximum absolute atomic E-state index is 12.6. The molecular formula is C55H92N2Pd. The van der Waals surface area contributed by atoms with E-state index >= 15 is 0 Å². The average Bonchev–Trinajstić information content (AvgIpc) is 3.50. The van der Waals surface area contributed by atoms with Crippen molar-refractivity contribution in [1.29, 1.82) is 0 Å². The number of unbranched alkanes of at least 4 members (excludes halogenated alkanes) is 15. The smallest absolute Gasteiger partial charge is 0.493 e. The molecule has 0 unspecified atom stereocenters. The molecule has 2 aromatic carbocycles. The summed E-state index contributed by atoms with van der Waals surface area (Å²) < 4.78 is 1.68. The molecule has 0 aliphatic carbocycles. The van der Waals surface area contributed by atoms with E-state index in [1.807, 2.05) is 0 Å². The summed E-state index contributed by atoms with van der Waals surface area (Å²) in [5.41, 5.74) is 25.8. The van der Waals surface area contributed by atoms with Gasteiger partial charge in [-0.2, -0.15) is 12.8 Å². The average molecular weight is 888 g/mol. The van der Waals surface area contributed by atoms with Gasteiger partial charge in [0.2, 0.25) is 11.4 Å². The zero-order chi connectivity index (χ0) is 42.1. The van der Waals surface area contributed by atoms with Crippen LogP contribution < -0.4 is 0 Å². The third kappa shape index (κ3) is 22.1. The van der Waals surface area contributed by atoms with Crippen molar-refractivity contribution >= 4 is 11.4 Å². The quantitative estimate of drug-likeness (QED) is 0.0337. The number of hydrogen-bond donors (Lipinski definition) is 0. The molecule has 0 saturated carbocycles. The molecule has 58 heavy (non-hydrogen) atoms. The van der Waals surface area contributed by atoms with Gasteiger partial charge >= 0.3 is 20.4 Å². The minimum absolute atomic E-state index is 0. The van der Waals surface area contributed by atoms with Crippen LogP contribution in [0.5, 0.6) is 0 Å². The standard InChI is InChI=1S/C47H74N2.2C4H9.Pd/c1-7-13-19-20-21-25-31-45-44(30-24-16-10-4)46(43-36-40(28-22-14-8-2)33-41(37-43)29-23-15-9-3)49(48)47(45)42-34-38(26-17-11-5)32-39(35-42)27-18-12-6;2*1-3-4-2;/h32-37H,7-31H2,1-6H3;2*1,3-4H2,2H3;/q;2*-1;+2. The molecule has 1 aliphatic heterocycles. The van der Waals surface area contributed by atoms with Gasteiger partial charge in [0.25, 0.3) is 0 Å². The Morgan fingerprint density at radius 1 is 0.362 bits per heavy atom. The molecule has 0 fully saturated rings. The minimum atomic E-state index is 0. The van der Waals surface area contributed by atoms with Crippen molar-refractivity contribution in [3.05, 3.63) is 100 Å². The summed E-state index contributed by atoms with van der Waals surface area (Å²) in [6, 6.07) is 14.7. The molecule has 0 spiro atoms. The van der Waals surface area contributed by atoms with E-state index in [1.165, 1.54) is 179 Å². The molecule has 0 radical (unpaired) electrons. The number of nitrogens with zero attached hydrogens (tertiary/aromatic N) is 2. The first-order chi connectivity index (χ1) is 27.8. The van der Waals surface area contributed by atoms with E-state index in [1.54, 1.807) is 4.70 Å². The van der Waals surface area contributed by atoms with Gasteiger partial charge in [0, 0.05) is 22.3 Å². The molecule has 3 rings (SSSR count). The van der Waals surface area contributed by atoms with E-state index in [9.17, 15) is 5.53 Å². The Bertz CT molecular complexity index is 1340. The fourth-order valence-corrected chi connectivity index (χ4v) is 7.71. The number of hydrogen-bond acceptors (Lipinski definition) is 0. The van der Waals surface area contributed by atoms with E-state index in [0.717, 1.165) is 62.8 Å². The van der Waals surface area contributed by atoms with Gasteiger partial charge < -0.3 is 19.4 Å². The van der Waals surface area contributed by atoms with E-state index in [4.69, 9.17) is 0 Å². The zero-order valence-corrected chi connectivity index (χ0v) is 41.1. The summed E-state index contributed by atoms with van der Waals surface area (Å²) in [7, 11) is 0. The van der Waals surface area contributed by atoms with Gasteiger partial charge in [-0.15, -0.1) is 0 Å². The number of benzene rings is 2. The van der Waals surface area contributed by atoms with Crippen molar-refractivity contribution in [2.75, 3.05) is 0 Å². The predicted molar refractivity (Wildman–Crippen MR) is 257 cm³/mol. The molecule has 0 amide bonds. The van der Waals surface area contributed by atoms with Gasteiger partial charge in [0.15, 0.2) is 0 Å². The molecule has 0 aromatic heterocycles. The van der Waals surface area contributed by atoms with E-state index in [-0.39, 0.29) is 20.4 Å². The molecule has 0 bridgehead atoms. The summed E-state index contributed by atoms with van der Waals surface area (Å²) in [4.78, 5) is 0. The molecule has 0 N–H and O–H groups in total. The largest absolute Gasteiger partial charge is 2.00 e. The van der Waals surface area contributed by atoms with Gasteiger partial charge in [-0.3, -0.25) is 0 Å². The van der Waals surface area contributed by atoms with E-state index in [2.05, 4.69) is 106 Å². The van der Waals surface area contributed by atoms with Crippen molar-refractivity contribution in [1.82, 2.24) is 0 Å². The summed E-state index contributed by atoms with van der Waals surface area (Å²) in [5, 5.41) is 0. The first-order valence-electron chi connectivity index (χ1n) is 24.6. The van der Waals surface area contributed by atoms with Gasteiger partial charge in [0.1, 0.15) is 0 Å². The van der Waals surface area contributed by atoms with Crippen LogP contribution in [0.1, 0.15) is 249 Å². The van der Waals surface area contributed by atoms with E-state index < -0.39 is 0 Å². The Morgan fingerprint density at radius 3 is 0.948 bits per heavy atom. The van der Waals surface area contributed by atoms with Crippen molar-refractivity contribution in [2.24, 2.45) is 0 Å². The Balaban J connectivity index is 0.00000329. The van der Waals surface area contributed by atoms with Gasteiger partial charge in [-0.05, 0) is 124 Å². The van der Waals surface area contributed by atoms with Crippen LogP contribution in [0.4, 0.5) is 0 Å². The normalized spacial score (nSPS) is 12.3. The van der Waals surface area contributed by atoms with Crippen LogP contribution in [-0.4, -0.2) is 4.70 Å². The monoisotopic (exact) mass is 887 g/mol. The van der Waals surface area contributed by atoms with Gasteiger partial charge in [0.05, 0.1) is 0 Å². The molecule has 3 heteroatoms. The van der Waals surface area contributed by atoms with Crippen LogP contribution in [0.2, 0.25) is 0 Å². The van der Waals surface area contributed by atoms with E-state index in [0.29, 0.717) is 0 Å². The summed E-state index contributed by atoms with van der Waals surface area (Å²) in [6.07, 6.45) is 34.8. The van der Waals surface area contributed by atoms with Crippen LogP contribution in [0.3, 0.4) is 0 Å².